The van der Waals surface area contributed by atoms with E-state index in [-0.39, 0.29) is 5.71 Å². The first kappa shape index (κ1) is 11.2. The standard InChI is InChI=1S/C7H15NO3Si/c1-11-8-6(7(9)10)5-12(2,3)4/h5H2,1-4H3,(H,9,10). The summed E-state index contributed by atoms with van der Waals surface area (Å²) in [6, 6.07) is 0.538. The van der Waals surface area contributed by atoms with Gasteiger partial charge in [0.25, 0.3) is 0 Å². The van der Waals surface area contributed by atoms with Crippen LogP contribution in [0.4, 0.5) is 0 Å². The maximum absolute atomic E-state index is 10.6. The van der Waals surface area contributed by atoms with Crippen molar-refractivity contribution in [3.05, 3.63) is 0 Å². The Kier molecular flexibility index (Phi) is 3.95. The minimum absolute atomic E-state index is 0.122. The number of nitrogens with zero attached hydrogens (tertiary/aromatic N) is 1. The molecule has 0 aliphatic rings. The van der Waals surface area contributed by atoms with Crippen LogP contribution in [0.25, 0.3) is 0 Å². The molecule has 0 aromatic carbocycles. The summed E-state index contributed by atoms with van der Waals surface area (Å²) in [5.74, 6) is -0.987. The lowest BCUT2D eigenvalue weighted by atomic mass is 10.4. The van der Waals surface area contributed by atoms with Crippen molar-refractivity contribution >= 4 is 19.8 Å². The number of hydrogen-bond donors (Lipinski definition) is 1. The molecule has 0 saturated heterocycles. The second-order valence-electron chi connectivity index (χ2n) is 3.76. The average molecular weight is 189 g/mol. The number of carbonyl (C=O) groups is 1. The van der Waals surface area contributed by atoms with E-state index in [1.165, 1.54) is 7.11 Å². The zero-order valence-corrected chi connectivity index (χ0v) is 8.92. The Bertz CT molecular complexity index is 195. The van der Waals surface area contributed by atoms with Gasteiger partial charge >= 0.3 is 5.97 Å². The highest BCUT2D eigenvalue weighted by atomic mass is 28.3. The van der Waals surface area contributed by atoms with E-state index in [9.17, 15) is 4.79 Å². The van der Waals surface area contributed by atoms with Crippen LogP contribution in [0.3, 0.4) is 0 Å². The molecule has 5 heteroatoms. The predicted molar refractivity (Wildman–Crippen MR) is 50.2 cm³/mol. The third kappa shape index (κ3) is 4.89. The average Bonchev–Trinajstić information content (AvgIpc) is 1.83. The van der Waals surface area contributed by atoms with Crippen molar-refractivity contribution in [3.8, 4) is 0 Å². The lowest BCUT2D eigenvalue weighted by Gasteiger charge is -2.14. The normalized spacial score (nSPS) is 12.8. The van der Waals surface area contributed by atoms with Gasteiger partial charge in [-0.25, -0.2) is 4.79 Å². The summed E-state index contributed by atoms with van der Waals surface area (Å²) in [6.45, 7) is 6.25. The highest BCUT2D eigenvalue weighted by Gasteiger charge is 2.21. The van der Waals surface area contributed by atoms with E-state index in [4.69, 9.17) is 5.11 Å². The fourth-order valence-electron chi connectivity index (χ4n) is 0.759. The number of hydrogen-bond acceptors (Lipinski definition) is 3. The van der Waals surface area contributed by atoms with Crippen LogP contribution in [-0.2, 0) is 9.63 Å². The second kappa shape index (κ2) is 4.25. The maximum Gasteiger partial charge on any atom is 0.353 e. The number of carboxylic acids is 1. The first-order valence-electron chi connectivity index (χ1n) is 3.70. The van der Waals surface area contributed by atoms with Crippen molar-refractivity contribution in [2.45, 2.75) is 25.7 Å². The van der Waals surface area contributed by atoms with Crippen molar-refractivity contribution in [1.29, 1.82) is 0 Å². The fraction of sp³-hybridized carbons (Fsp3) is 0.714. The van der Waals surface area contributed by atoms with Gasteiger partial charge in [0.2, 0.25) is 0 Å². The molecular weight excluding hydrogens is 174 g/mol. The molecule has 0 unspecified atom stereocenters. The van der Waals surface area contributed by atoms with E-state index in [1.807, 2.05) is 0 Å². The molecule has 0 spiro atoms. The summed E-state index contributed by atoms with van der Waals surface area (Å²) < 4.78 is 0. The Morgan fingerprint density at radius 2 is 2.00 bits per heavy atom. The van der Waals surface area contributed by atoms with Crippen molar-refractivity contribution in [3.63, 3.8) is 0 Å². The lowest BCUT2D eigenvalue weighted by Crippen LogP contribution is -2.28. The van der Waals surface area contributed by atoms with E-state index in [0.29, 0.717) is 6.04 Å². The molecule has 0 saturated carbocycles. The van der Waals surface area contributed by atoms with Gasteiger partial charge in [-0.1, -0.05) is 24.8 Å². The molecule has 0 fully saturated rings. The van der Waals surface area contributed by atoms with Crippen LogP contribution in [0, 0.1) is 0 Å². The Labute approximate surface area is 73.2 Å². The highest BCUT2D eigenvalue weighted by Crippen LogP contribution is 2.09. The van der Waals surface area contributed by atoms with E-state index in [2.05, 4.69) is 29.6 Å². The molecule has 70 valence electrons. The second-order valence-corrected chi connectivity index (χ2v) is 9.24. The van der Waals surface area contributed by atoms with E-state index < -0.39 is 14.0 Å². The lowest BCUT2D eigenvalue weighted by molar-refractivity contribution is -0.129. The molecule has 0 aromatic heterocycles. The predicted octanol–water partition coefficient (Wildman–Crippen LogP) is 1.41. The Morgan fingerprint density at radius 1 is 1.50 bits per heavy atom. The summed E-state index contributed by atoms with van der Waals surface area (Å²) in [5.41, 5.74) is 0.122. The van der Waals surface area contributed by atoms with Gasteiger partial charge in [-0.2, -0.15) is 0 Å². The quantitative estimate of drug-likeness (QED) is 0.413. The molecule has 0 aliphatic carbocycles. The molecule has 0 rings (SSSR count). The molecule has 0 atom stereocenters. The smallest absolute Gasteiger partial charge is 0.353 e. The minimum atomic E-state index is -1.41. The summed E-state index contributed by atoms with van der Waals surface area (Å²) in [4.78, 5) is 15.0. The fourth-order valence-corrected chi connectivity index (χ4v) is 1.98. The van der Waals surface area contributed by atoms with Crippen LogP contribution in [0.2, 0.25) is 25.7 Å². The largest absolute Gasteiger partial charge is 0.477 e. The molecule has 0 bridgehead atoms. The van der Waals surface area contributed by atoms with Gasteiger partial charge in [-0.3, -0.25) is 0 Å². The summed E-state index contributed by atoms with van der Waals surface area (Å²) in [6.07, 6.45) is 0. The van der Waals surface area contributed by atoms with Gasteiger partial charge in [0.1, 0.15) is 7.11 Å². The monoisotopic (exact) mass is 189 g/mol. The van der Waals surface area contributed by atoms with Gasteiger partial charge in [-0.15, -0.1) is 0 Å². The zero-order chi connectivity index (χ0) is 9.78. The number of carboxylic acid groups (broad SMARTS) is 1. The first-order chi connectivity index (χ1) is 5.37. The van der Waals surface area contributed by atoms with Gasteiger partial charge in [-0.05, 0) is 6.04 Å². The summed E-state index contributed by atoms with van der Waals surface area (Å²) in [7, 11) is -0.0576. The number of oxime groups is 1. The Hall–Kier alpha value is -0.843. The highest BCUT2D eigenvalue weighted by molar-refractivity contribution is 6.80. The van der Waals surface area contributed by atoms with E-state index in [1.54, 1.807) is 0 Å². The van der Waals surface area contributed by atoms with E-state index >= 15 is 0 Å². The third-order valence-corrected chi connectivity index (χ3v) is 2.54. The first-order valence-corrected chi connectivity index (χ1v) is 7.41. The SMILES string of the molecule is CON=C(C[Si](C)(C)C)C(=O)O. The van der Waals surface area contributed by atoms with Crippen LogP contribution >= 0.6 is 0 Å². The molecule has 0 aliphatic heterocycles. The van der Waals surface area contributed by atoms with Gasteiger partial charge < -0.3 is 9.94 Å². The number of aliphatic carboxylic acids is 1. The molecule has 12 heavy (non-hydrogen) atoms. The van der Waals surface area contributed by atoms with Crippen LogP contribution in [0.5, 0.6) is 0 Å². The molecular formula is C7H15NO3Si. The van der Waals surface area contributed by atoms with Crippen LogP contribution in [0.1, 0.15) is 0 Å². The van der Waals surface area contributed by atoms with Crippen LogP contribution in [-0.4, -0.2) is 32.0 Å². The molecule has 0 radical (unpaired) electrons. The zero-order valence-electron chi connectivity index (χ0n) is 7.92. The van der Waals surface area contributed by atoms with Crippen molar-refractivity contribution in [2.24, 2.45) is 5.16 Å². The van der Waals surface area contributed by atoms with Gasteiger partial charge in [0.15, 0.2) is 5.71 Å². The van der Waals surface area contributed by atoms with Gasteiger partial charge in [0.05, 0.1) is 8.07 Å². The number of rotatable bonds is 4. The molecule has 1 N–H and O–H groups in total. The molecule has 0 heterocycles. The molecule has 0 aromatic rings. The van der Waals surface area contributed by atoms with Crippen molar-refractivity contribution in [1.82, 2.24) is 0 Å². The summed E-state index contributed by atoms with van der Waals surface area (Å²) >= 11 is 0. The molecule has 0 amide bonds. The molecule has 4 nitrogen and oxygen atoms in total. The topological polar surface area (TPSA) is 58.9 Å². The minimum Gasteiger partial charge on any atom is -0.477 e. The maximum atomic E-state index is 10.6. The van der Waals surface area contributed by atoms with Crippen molar-refractivity contribution in [2.75, 3.05) is 7.11 Å². The van der Waals surface area contributed by atoms with E-state index in [0.717, 1.165) is 0 Å². The Morgan fingerprint density at radius 3 is 2.25 bits per heavy atom. The third-order valence-electron chi connectivity index (χ3n) is 1.15. The summed E-state index contributed by atoms with van der Waals surface area (Å²) in [5, 5.41) is 12.1. The van der Waals surface area contributed by atoms with Crippen LogP contribution in [0.15, 0.2) is 5.16 Å². The Balaban J connectivity index is 4.36. The van der Waals surface area contributed by atoms with Crippen molar-refractivity contribution < 1.29 is 14.7 Å². The van der Waals surface area contributed by atoms with Gasteiger partial charge in [0, 0.05) is 0 Å². The van der Waals surface area contributed by atoms with Crippen LogP contribution < -0.4 is 0 Å².